The molecule has 0 aliphatic heterocycles. The summed E-state index contributed by atoms with van der Waals surface area (Å²) in [6.07, 6.45) is 0. The van der Waals surface area contributed by atoms with Gasteiger partial charge in [0.15, 0.2) is 0 Å². The first kappa shape index (κ1) is 12.9. The summed E-state index contributed by atoms with van der Waals surface area (Å²) < 4.78 is 6.70. The van der Waals surface area contributed by atoms with Gasteiger partial charge in [0, 0.05) is 7.05 Å². The molecule has 0 fully saturated rings. The van der Waals surface area contributed by atoms with Crippen LogP contribution in [-0.2, 0) is 7.05 Å². The van der Waals surface area contributed by atoms with Crippen LogP contribution in [0.4, 0.5) is 0 Å². The maximum atomic E-state index is 11.9. The summed E-state index contributed by atoms with van der Waals surface area (Å²) in [5.74, 6) is 0.808. The van der Waals surface area contributed by atoms with E-state index in [4.69, 9.17) is 10.00 Å². The predicted molar refractivity (Wildman–Crippen MR) is 73.1 cm³/mol. The Bertz CT molecular complexity index is 724. The van der Waals surface area contributed by atoms with Crippen molar-refractivity contribution >= 4 is 0 Å². The first-order chi connectivity index (χ1) is 9.08. The molecule has 0 unspecified atom stereocenters. The van der Waals surface area contributed by atoms with Gasteiger partial charge in [0.25, 0.3) is 5.56 Å². The lowest BCUT2D eigenvalue weighted by molar-refractivity contribution is 0.412. The maximum Gasteiger partial charge on any atom is 0.268 e. The molecule has 0 bridgehead atoms. The second-order valence-corrected chi connectivity index (χ2v) is 4.29. The molecule has 0 spiro atoms. The molecular formula is C15H14N2O2. The van der Waals surface area contributed by atoms with Crippen molar-refractivity contribution in [1.82, 2.24) is 4.57 Å². The van der Waals surface area contributed by atoms with E-state index in [1.54, 1.807) is 26.3 Å². The van der Waals surface area contributed by atoms with E-state index in [9.17, 15) is 4.79 Å². The van der Waals surface area contributed by atoms with Gasteiger partial charge < -0.3 is 9.30 Å². The number of ether oxygens (including phenoxy) is 1. The lowest BCUT2D eigenvalue weighted by Gasteiger charge is -2.11. The smallest absolute Gasteiger partial charge is 0.268 e. The van der Waals surface area contributed by atoms with Crippen molar-refractivity contribution in [3.05, 3.63) is 51.8 Å². The van der Waals surface area contributed by atoms with E-state index < -0.39 is 0 Å². The van der Waals surface area contributed by atoms with Gasteiger partial charge in [0.05, 0.1) is 12.8 Å². The van der Waals surface area contributed by atoms with Gasteiger partial charge in [-0.15, -0.1) is 0 Å². The second kappa shape index (κ2) is 4.99. The van der Waals surface area contributed by atoms with E-state index in [0.29, 0.717) is 0 Å². The molecule has 1 heterocycles. The van der Waals surface area contributed by atoms with E-state index in [1.807, 2.05) is 31.2 Å². The van der Waals surface area contributed by atoms with Crippen LogP contribution in [0.2, 0.25) is 0 Å². The number of nitrogens with zero attached hydrogens (tertiary/aromatic N) is 2. The summed E-state index contributed by atoms with van der Waals surface area (Å²) in [7, 11) is 3.29. The van der Waals surface area contributed by atoms with Gasteiger partial charge in [-0.3, -0.25) is 4.79 Å². The van der Waals surface area contributed by atoms with E-state index in [-0.39, 0.29) is 11.1 Å². The van der Waals surface area contributed by atoms with Crippen molar-refractivity contribution in [2.24, 2.45) is 7.05 Å². The minimum Gasteiger partial charge on any atom is -0.496 e. The van der Waals surface area contributed by atoms with Crippen molar-refractivity contribution in [2.45, 2.75) is 6.92 Å². The van der Waals surface area contributed by atoms with Crippen molar-refractivity contribution in [3.63, 3.8) is 0 Å². The monoisotopic (exact) mass is 254 g/mol. The zero-order valence-corrected chi connectivity index (χ0v) is 11.1. The molecule has 0 radical (unpaired) electrons. The van der Waals surface area contributed by atoms with Crippen LogP contribution in [0.15, 0.2) is 35.1 Å². The lowest BCUT2D eigenvalue weighted by Crippen LogP contribution is -2.20. The standard InChI is InChI=1S/C15H14N2O2/c1-10-8-11(5-7-14(10)19-3)13-6-4-12(9-16)15(18)17(13)2/h4-8H,1-3H3. The molecular weight excluding hydrogens is 240 g/mol. The van der Waals surface area contributed by atoms with Crippen LogP contribution in [-0.4, -0.2) is 11.7 Å². The number of aryl methyl sites for hydroxylation is 1. The van der Waals surface area contributed by atoms with E-state index in [0.717, 1.165) is 22.6 Å². The Labute approximate surface area is 111 Å². The molecule has 0 atom stereocenters. The van der Waals surface area contributed by atoms with Gasteiger partial charge in [-0.05, 0) is 48.4 Å². The quantitative estimate of drug-likeness (QED) is 0.825. The molecule has 1 aromatic carbocycles. The summed E-state index contributed by atoms with van der Waals surface area (Å²) in [5, 5.41) is 8.84. The number of nitriles is 1. The average molecular weight is 254 g/mol. The number of hydrogen-bond acceptors (Lipinski definition) is 3. The number of rotatable bonds is 2. The molecule has 4 heteroatoms. The Morgan fingerprint density at radius 2 is 2.00 bits per heavy atom. The third-order valence-corrected chi connectivity index (χ3v) is 3.12. The van der Waals surface area contributed by atoms with E-state index in [1.165, 1.54) is 4.57 Å². The first-order valence-electron chi connectivity index (χ1n) is 5.83. The van der Waals surface area contributed by atoms with Crippen LogP contribution in [0, 0.1) is 18.3 Å². The largest absolute Gasteiger partial charge is 0.496 e. The van der Waals surface area contributed by atoms with Gasteiger partial charge in [-0.1, -0.05) is 0 Å². The number of aromatic nitrogens is 1. The summed E-state index contributed by atoms with van der Waals surface area (Å²) in [4.78, 5) is 11.9. The minimum absolute atomic E-state index is 0.150. The Balaban J connectivity index is 2.61. The van der Waals surface area contributed by atoms with E-state index in [2.05, 4.69) is 0 Å². The fourth-order valence-corrected chi connectivity index (χ4v) is 2.05. The highest BCUT2D eigenvalue weighted by atomic mass is 16.5. The Hall–Kier alpha value is -2.54. The molecule has 0 saturated carbocycles. The zero-order chi connectivity index (χ0) is 14.0. The van der Waals surface area contributed by atoms with Crippen molar-refractivity contribution in [3.8, 4) is 23.1 Å². The first-order valence-corrected chi connectivity index (χ1v) is 5.83. The molecule has 2 rings (SSSR count). The number of pyridine rings is 1. The van der Waals surface area contributed by atoms with Crippen molar-refractivity contribution < 1.29 is 4.74 Å². The summed E-state index contributed by atoms with van der Waals surface area (Å²) in [6, 6.07) is 10.9. The number of hydrogen-bond donors (Lipinski definition) is 0. The molecule has 4 nitrogen and oxygen atoms in total. The van der Waals surface area contributed by atoms with Crippen molar-refractivity contribution in [1.29, 1.82) is 5.26 Å². The SMILES string of the molecule is COc1ccc(-c2ccc(C#N)c(=O)n2C)cc1C. The molecule has 0 saturated heterocycles. The molecule has 0 N–H and O–H groups in total. The highest BCUT2D eigenvalue weighted by Crippen LogP contribution is 2.25. The Morgan fingerprint density at radius 3 is 2.58 bits per heavy atom. The fourth-order valence-electron chi connectivity index (χ4n) is 2.05. The van der Waals surface area contributed by atoms with Crippen molar-refractivity contribution in [2.75, 3.05) is 7.11 Å². The van der Waals surface area contributed by atoms with Crippen LogP contribution in [0.5, 0.6) is 5.75 Å². The van der Waals surface area contributed by atoms with Gasteiger partial charge in [-0.25, -0.2) is 0 Å². The normalized spacial score (nSPS) is 10.0. The Kier molecular flexibility index (Phi) is 3.39. The summed E-state index contributed by atoms with van der Waals surface area (Å²) in [5.41, 5.74) is 2.55. The lowest BCUT2D eigenvalue weighted by atomic mass is 10.1. The third kappa shape index (κ3) is 2.23. The molecule has 0 aliphatic rings. The molecule has 19 heavy (non-hydrogen) atoms. The minimum atomic E-state index is -0.284. The number of methoxy groups -OCH3 is 1. The van der Waals surface area contributed by atoms with Crippen LogP contribution in [0.3, 0.4) is 0 Å². The molecule has 0 amide bonds. The zero-order valence-electron chi connectivity index (χ0n) is 11.1. The van der Waals surface area contributed by atoms with Gasteiger partial charge in [0.1, 0.15) is 17.4 Å². The molecule has 1 aromatic heterocycles. The maximum absolute atomic E-state index is 11.9. The van der Waals surface area contributed by atoms with Gasteiger partial charge >= 0.3 is 0 Å². The highest BCUT2D eigenvalue weighted by Gasteiger charge is 2.08. The molecule has 0 aliphatic carbocycles. The molecule has 96 valence electrons. The van der Waals surface area contributed by atoms with Gasteiger partial charge in [0.2, 0.25) is 0 Å². The number of benzene rings is 1. The average Bonchev–Trinajstić information content (AvgIpc) is 2.41. The predicted octanol–water partition coefficient (Wildman–Crippen LogP) is 2.24. The second-order valence-electron chi connectivity index (χ2n) is 4.29. The van der Waals surface area contributed by atoms with Crippen LogP contribution in [0.25, 0.3) is 11.3 Å². The van der Waals surface area contributed by atoms with Crippen LogP contribution >= 0.6 is 0 Å². The third-order valence-electron chi connectivity index (χ3n) is 3.12. The van der Waals surface area contributed by atoms with Gasteiger partial charge in [-0.2, -0.15) is 5.26 Å². The van der Waals surface area contributed by atoms with Crippen LogP contribution in [0.1, 0.15) is 11.1 Å². The van der Waals surface area contributed by atoms with E-state index >= 15 is 0 Å². The van der Waals surface area contributed by atoms with Crippen LogP contribution < -0.4 is 10.3 Å². The summed E-state index contributed by atoms with van der Waals surface area (Å²) in [6.45, 7) is 1.95. The Morgan fingerprint density at radius 1 is 1.26 bits per heavy atom. The topological polar surface area (TPSA) is 55.0 Å². The summed E-state index contributed by atoms with van der Waals surface area (Å²) >= 11 is 0. The highest BCUT2D eigenvalue weighted by molar-refractivity contribution is 5.63. The fraction of sp³-hybridized carbons (Fsp3) is 0.200. The molecule has 2 aromatic rings.